The van der Waals surface area contributed by atoms with Gasteiger partial charge in [0.25, 0.3) is 0 Å². The first-order valence-electron chi connectivity index (χ1n) is 5.56. The summed E-state index contributed by atoms with van der Waals surface area (Å²) in [6.45, 7) is 0. The van der Waals surface area contributed by atoms with Crippen molar-refractivity contribution in [2.45, 2.75) is 0 Å². The summed E-state index contributed by atoms with van der Waals surface area (Å²) in [5.41, 5.74) is 7.33. The minimum absolute atomic E-state index is 0.130. The van der Waals surface area contributed by atoms with Gasteiger partial charge in [0.05, 0.1) is 24.2 Å². The highest BCUT2D eigenvalue weighted by Gasteiger charge is 2.13. The van der Waals surface area contributed by atoms with E-state index in [4.69, 9.17) is 10.5 Å². The van der Waals surface area contributed by atoms with Gasteiger partial charge in [0.1, 0.15) is 11.6 Å². The lowest BCUT2D eigenvalue weighted by molar-refractivity contribution is 0.415. The Morgan fingerprint density at radius 3 is 2.44 bits per heavy atom. The number of nitrogens with zero attached hydrogens (tertiary/aromatic N) is 1. The van der Waals surface area contributed by atoms with E-state index in [1.54, 1.807) is 24.1 Å². The molecule has 0 aliphatic heterocycles. The summed E-state index contributed by atoms with van der Waals surface area (Å²) in [5, 5.41) is 0. The van der Waals surface area contributed by atoms with Gasteiger partial charge in [-0.1, -0.05) is 18.2 Å². The predicted molar refractivity (Wildman–Crippen MR) is 71.9 cm³/mol. The number of nitrogens with two attached hydrogens (primary N) is 1. The molecule has 3 nitrogen and oxygen atoms in total. The van der Waals surface area contributed by atoms with E-state index in [1.807, 2.05) is 31.3 Å². The Morgan fingerprint density at radius 1 is 1.06 bits per heavy atom. The first kappa shape index (κ1) is 12.2. The van der Waals surface area contributed by atoms with Gasteiger partial charge in [0.2, 0.25) is 0 Å². The van der Waals surface area contributed by atoms with Crippen LogP contribution in [0.5, 0.6) is 5.75 Å². The molecule has 0 radical (unpaired) electrons. The number of hydrogen-bond acceptors (Lipinski definition) is 3. The smallest absolute Gasteiger partial charge is 0.148 e. The Labute approximate surface area is 106 Å². The number of ether oxygens (including phenoxy) is 1. The fraction of sp³-hybridized carbons (Fsp3) is 0.143. The molecule has 0 aliphatic rings. The second-order valence-electron chi connectivity index (χ2n) is 3.90. The molecular formula is C14H15FN2O. The summed E-state index contributed by atoms with van der Waals surface area (Å²) in [6.07, 6.45) is 0. The van der Waals surface area contributed by atoms with Gasteiger partial charge in [0, 0.05) is 7.05 Å². The van der Waals surface area contributed by atoms with Crippen molar-refractivity contribution in [3.05, 3.63) is 48.3 Å². The third kappa shape index (κ3) is 2.09. The second kappa shape index (κ2) is 4.96. The van der Waals surface area contributed by atoms with Gasteiger partial charge >= 0.3 is 0 Å². The fourth-order valence-corrected chi connectivity index (χ4v) is 1.85. The molecular weight excluding hydrogens is 231 g/mol. The molecule has 0 spiro atoms. The van der Waals surface area contributed by atoms with Gasteiger partial charge in [-0.05, 0) is 24.3 Å². The number of methoxy groups -OCH3 is 1. The zero-order valence-electron chi connectivity index (χ0n) is 10.4. The molecule has 0 amide bonds. The maximum atomic E-state index is 13.5. The summed E-state index contributed by atoms with van der Waals surface area (Å²) in [7, 11) is 3.42. The number of anilines is 3. The van der Waals surface area contributed by atoms with Crippen molar-refractivity contribution in [3.63, 3.8) is 0 Å². The molecule has 0 unspecified atom stereocenters. The maximum Gasteiger partial charge on any atom is 0.148 e. The number of benzene rings is 2. The highest BCUT2D eigenvalue weighted by molar-refractivity contribution is 5.77. The van der Waals surface area contributed by atoms with E-state index in [0.29, 0.717) is 11.4 Å². The third-order valence-corrected chi connectivity index (χ3v) is 2.84. The highest BCUT2D eigenvalue weighted by Crippen LogP contribution is 2.35. The van der Waals surface area contributed by atoms with Crippen molar-refractivity contribution in [1.29, 1.82) is 0 Å². The first-order chi connectivity index (χ1) is 8.65. The molecule has 2 aromatic rings. The Hall–Kier alpha value is -2.23. The number of para-hydroxylation sites is 3. The molecule has 0 heterocycles. The van der Waals surface area contributed by atoms with Gasteiger partial charge in [-0.15, -0.1) is 0 Å². The van der Waals surface area contributed by atoms with Crippen LogP contribution in [0.1, 0.15) is 0 Å². The van der Waals surface area contributed by atoms with E-state index in [-0.39, 0.29) is 5.69 Å². The molecule has 4 heteroatoms. The van der Waals surface area contributed by atoms with Crippen LogP contribution in [-0.4, -0.2) is 14.2 Å². The van der Waals surface area contributed by atoms with Crippen LogP contribution in [0.4, 0.5) is 21.5 Å². The van der Waals surface area contributed by atoms with Crippen LogP contribution >= 0.6 is 0 Å². The van der Waals surface area contributed by atoms with E-state index in [9.17, 15) is 4.39 Å². The van der Waals surface area contributed by atoms with Crippen molar-refractivity contribution in [2.75, 3.05) is 24.8 Å². The Balaban J connectivity index is 2.48. The van der Waals surface area contributed by atoms with Crippen LogP contribution in [0.15, 0.2) is 42.5 Å². The number of hydrogen-bond donors (Lipinski definition) is 1. The molecule has 2 aromatic carbocycles. The van der Waals surface area contributed by atoms with E-state index in [2.05, 4.69) is 0 Å². The van der Waals surface area contributed by atoms with Crippen molar-refractivity contribution in [2.24, 2.45) is 0 Å². The van der Waals surface area contributed by atoms with E-state index in [1.165, 1.54) is 6.07 Å². The number of nitrogen functional groups attached to an aromatic ring is 1. The lowest BCUT2D eigenvalue weighted by Crippen LogP contribution is -2.13. The number of rotatable bonds is 3. The lowest BCUT2D eigenvalue weighted by atomic mass is 10.2. The molecule has 0 atom stereocenters. The van der Waals surface area contributed by atoms with Gasteiger partial charge < -0.3 is 15.4 Å². The van der Waals surface area contributed by atoms with Gasteiger partial charge in [-0.3, -0.25) is 0 Å². The van der Waals surface area contributed by atoms with Crippen molar-refractivity contribution < 1.29 is 9.13 Å². The molecule has 0 saturated carbocycles. The standard InChI is InChI=1S/C14H15FN2O/c1-17(11-7-3-4-9-13(11)18-2)12-8-5-6-10(15)14(12)16/h3-9H,16H2,1-2H3. The second-order valence-corrected chi connectivity index (χ2v) is 3.90. The van der Waals surface area contributed by atoms with Crippen LogP contribution < -0.4 is 15.4 Å². The quantitative estimate of drug-likeness (QED) is 0.845. The van der Waals surface area contributed by atoms with Crippen LogP contribution in [0.3, 0.4) is 0 Å². The first-order valence-corrected chi connectivity index (χ1v) is 5.56. The molecule has 0 bridgehead atoms. The van der Waals surface area contributed by atoms with Crippen LogP contribution in [-0.2, 0) is 0 Å². The van der Waals surface area contributed by atoms with Crippen LogP contribution in [0, 0.1) is 5.82 Å². The normalized spacial score (nSPS) is 10.2. The molecule has 0 saturated heterocycles. The fourth-order valence-electron chi connectivity index (χ4n) is 1.85. The summed E-state index contributed by atoms with van der Waals surface area (Å²) in [6, 6.07) is 12.3. The highest BCUT2D eigenvalue weighted by atomic mass is 19.1. The number of halogens is 1. The minimum atomic E-state index is -0.422. The maximum absolute atomic E-state index is 13.5. The van der Waals surface area contributed by atoms with Crippen molar-refractivity contribution >= 4 is 17.1 Å². The van der Waals surface area contributed by atoms with E-state index >= 15 is 0 Å². The molecule has 2 rings (SSSR count). The van der Waals surface area contributed by atoms with E-state index in [0.717, 1.165) is 5.69 Å². The zero-order valence-corrected chi connectivity index (χ0v) is 10.4. The zero-order chi connectivity index (χ0) is 13.1. The Morgan fingerprint density at radius 2 is 1.72 bits per heavy atom. The molecule has 18 heavy (non-hydrogen) atoms. The molecule has 0 aromatic heterocycles. The lowest BCUT2D eigenvalue weighted by Gasteiger charge is -2.23. The molecule has 0 fully saturated rings. The topological polar surface area (TPSA) is 38.5 Å². The average molecular weight is 246 g/mol. The van der Waals surface area contributed by atoms with Gasteiger partial charge in [-0.2, -0.15) is 0 Å². The molecule has 94 valence electrons. The summed E-state index contributed by atoms with van der Waals surface area (Å²) in [5.74, 6) is 0.290. The largest absolute Gasteiger partial charge is 0.495 e. The molecule has 2 N–H and O–H groups in total. The van der Waals surface area contributed by atoms with Gasteiger partial charge in [0.15, 0.2) is 0 Å². The van der Waals surface area contributed by atoms with Crippen LogP contribution in [0.2, 0.25) is 0 Å². The SMILES string of the molecule is COc1ccccc1N(C)c1cccc(F)c1N. The summed E-state index contributed by atoms with van der Waals surface area (Å²) >= 11 is 0. The Bertz CT molecular complexity index is 557. The third-order valence-electron chi connectivity index (χ3n) is 2.84. The van der Waals surface area contributed by atoms with Crippen molar-refractivity contribution in [1.82, 2.24) is 0 Å². The van der Waals surface area contributed by atoms with Gasteiger partial charge in [-0.25, -0.2) is 4.39 Å². The Kier molecular flexibility index (Phi) is 3.37. The summed E-state index contributed by atoms with van der Waals surface area (Å²) in [4.78, 5) is 1.80. The van der Waals surface area contributed by atoms with Crippen LogP contribution in [0.25, 0.3) is 0 Å². The minimum Gasteiger partial charge on any atom is -0.495 e. The predicted octanol–water partition coefficient (Wildman–Crippen LogP) is 3.18. The summed E-state index contributed by atoms with van der Waals surface area (Å²) < 4.78 is 18.7. The average Bonchev–Trinajstić information content (AvgIpc) is 2.41. The van der Waals surface area contributed by atoms with Crippen molar-refractivity contribution in [3.8, 4) is 5.75 Å². The molecule has 0 aliphatic carbocycles. The van der Waals surface area contributed by atoms with E-state index < -0.39 is 5.82 Å². The monoisotopic (exact) mass is 246 g/mol.